The van der Waals surface area contributed by atoms with Crippen molar-refractivity contribution >= 4 is 5.91 Å². The third-order valence-corrected chi connectivity index (χ3v) is 7.42. The number of likely N-dealkylation sites (N-methyl/N-ethyl adjacent to an activating group) is 1. The van der Waals surface area contributed by atoms with Crippen LogP contribution >= 0.6 is 0 Å². The van der Waals surface area contributed by atoms with E-state index in [1.165, 1.54) is 12.1 Å². The normalized spacial score (nSPS) is 24.5. The van der Waals surface area contributed by atoms with Gasteiger partial charge in [-0.05, 0) is 49.4 Å². The first-order chi connectivity index (χ1) is 16.4. The van der Waals surface area contributed by atoms with Gasteiger partial charge in [0.15, 0.2) is 0 Å². The number of benzene rings is 2. The van der Waals surface area contributed by atoms with E-state index < -0.39 is 11.9 Å². The molecule has 3 heterocycles. The minimum atomic E-state index is -0.502. The Kier molecular flexibility index (Phi) is 5.83. The lowest BCUT2D eigenvalue weighted by Crippen LogP contribution is -2.47. The summed E-state index contributed by atoms with van der Waals surface area (Å²) in [6, 6.07) is 18.6. The first-order valence-electron chi connectivity index (χ1n) is 11.6. The van der Waals surface area contributed by atoms with Crippen LogP contribution in [-0.2, 0) is 11.3 Å². The Morgan fingerprint density at radius 1 is 1.15 bits per heavy atom. The second-order valence-electron chi connectivity index (χ2n) is 9.30. The Balaban J connectivity index is 1.43. The molecule has 0 bridgehead atoms. The van der Waals surface area contributed by atoms with E-state index >= 15 is 0 Å². The predicted octanol–water partition coefficient (Wildman–Crippen LogP) is 3.13. The van der Waals surface area contributed by atoms with E-state index in [1.807, 2.05) is 55.3 Å². The molecule has 5 rings (SSSR count). The molecular weight excluding hydrogens is 433 g/mol. The Bertz CT molecular complexity index is 1280. The minimum absolute atomic E-state index is 0.0757. The topological polar surface area (TPSA) is 74.6 Å². The van der Waals surface area contributed by atoms with Gasteiger partial charge < -0.3 is 15.0 Å². The zero-order valence-electron chi connectivity index (χ0n) is 19.2. The maximum Gasteiger partial charge on any atom is 0.258 e. The molecule has 0 aliphatic carbocycles. The monoisotopic (exact) mass is 461 g/mol. The highest BCUT2D eigenvalue weighted by Gasteiger charge is 2.54. The van der Waals surface area contributed by atoms with E-state index in [0.29, 0.717) is 17.7 Å². The van der Waals surface area contributed by atoms with E-state index in [2.05, 4.69) is 5.32 Å². The fraction of sp³-hybridized carbons (Fsp3) is 0.333. The Morgan fingerprint density at radius 2 is 1.91 bits per heavy atom. The lowest BCUT2D eigenvalue weighted by Gasteiger charge is -2.28. The van der Waals surface area contributed by atoms with Crippen molar-refractivity contribution in [3.8, 4) is 11.1 Å². The Morgan fingerprint density at radius 3 is 2.62 bits per heavy atom. The number of carbonyl (C=O) groups excluding carboxylic acids is 1. The molecule has 2 aliphatic rings. The highest BCUT2D eigenvalue weighted by molar-refractivity contribution is 5.83. The van der Waals surface area contributed by atoms with Crippen LogP contribution in [0.15, 0.2) is 71.5 Å². The molecule has 1 fully saturated rings. The van der Waals surface area contributed by atoms with Gasteiger partial charge in [-0.15, -0.1) is 0 Å². The number of likely N-dealkylation sites (tertiary alicyclic amines) is 1. The van der Waals surface area contributed by atoms with Crippen LogP contribution in [0.25, 0.3) is 11.1 Å². The molecule has 6 nitrogen and oxygen atoms in total. The van der Waals surface area contributed by atoms with Gasteiger partial charge in [0.25, 0.3) is 5.56 Å². The SMILES string of the molecule is C[C@@H](NC(=O)[C@@H]1[C@@H](CO)[C@@H]2Cn3c(ccc(-c4cccc(F)c4)c3=O)[C@@H]2N1C)c1ccccc1. The highest BCUT2D eigenvalue weighted by Crippen LogP contribution is 2.48. The molecule has 0 unspecified atom stereocenters. The van der Waals surface area contributed by atoms with Gasteiger partial charge in [0, 0.05) is 36.2 Å². The number of halogens is 1. The number of carbonyl (C=O) groups is 1. The number of pyridine rings is 1. The van der Waals surface area contributed by atoms with Crippen molar-refractivity contribution < 1.29 is 14.3 Å². The first-order valence-corrected chi connectivity index (χ1v) is 11.6. The largest absolute Gasteiger partial charge is 0.396 e. The van der Waals surface area contributed by atoms with Gasteiger partial charge in [-0.25, -0.2) is 4.39 Å². The number of rotatable bonds is 5. The molecule has 2 aliphatic heterocycles. The van der Waals surface area contributed by atoms with E-state index in [4.69, 9.17) is 0 Å². The van der Waals surface area contributed by atoms with Gasteiger partial charge in [0.2, 0.25) is 5.91 Å². The number of aromatic nitrogens is 1. The molecule has 7 heteroatoms. The van der Waals surface area contributed by atoms with Crippen molar-refractivity contribution in [2.24, 2.45) is 11.8 Å². The van der Waals surface area contributed by atoms with E-state index in [1.54, 1.807) is 22.8 Å². The molecule has 1 amide bonds. The quantitative estimate of drug-likeness (QED) is 0.612. The number of hydrogen-bond donors (Lipinski definition) is 2. The van der Waals surface area contributed by atoms with Gasteiger partial charge in [-0.1, -0.05) is 42.5 Å². The summed E-state index contributed by atoms with van der Waals surface area (Å²) in [5, 5.41) is 13.4. The molecule has 34 heavy (non-hydrogen) atoms. The molecule has 0 saturated carbocycles. The standard InChI is InChI=1S/C27H28FN3O3/c1-16(17-7-4-3-5-8-17)29-26(33)25-22(15-32)21-14-31-23(24(21)30(25)2)12-11-20(27(31)34)18-9-6-10-19(28)13-18/h3-13,16,21-22,24-25,32H,14-15H2,1-2H3,(H,29,33)/t16-,21+,22+,24-,25+/m1/s1. The molecule has 2 N–H and O–H groups in total. The summed E-state index contributed by atoms with van der Waals surface area (Å²) < 4.78 is 15.4. The summed E-state index contributed by atoms with van der Waals surface area (Å²) in [7, 11) is 1.88. The molecule has 2 aromatic carbocycles. The Labute approximate surface area is 197 Å². The predicted molar refractivity (Wildman–Crippen MR) is 127 cm³/mol. The highest BCUT2D eigenvalue weighted by atomic mass is 19.1. The number of fused-ring (bicyclic) bond motifs is 3. The van der Waals surface area contributed by atoms with Crippen molar-refractivity contribution in [3.05, 3.63) is 94.2 Å². The van der Waals surface area contributed by atoms with Crippen LogP contribution in [0, 0.1) is 17.7 Å². The summed E-state index contributed by atoms with van der Waals surface area (Å²) in [6.45, 7) is 2.21. The number of hydrogen-bond acceptors (Lipinski definition) is 4. The molecule has 1 aromatic heterocycles. The molecule has 0 radical (unpaired) electrons. The van der Waals surface area contributed by atoms with Crippen molar-refractivity contribution in [2.45, 2.75) is 31.6 Å². The zero-order valence-corrected chi connectivity index (χ0v) is 19.2. The number of nitrogens with zero attached hydrogens (tertiary/aromatic N) is 2. The zero-order chi connectivity index (χ0) is 24.0. The second-order valence-corrected chi connectivity index (χ2v) is 9.30. The van der Waals surface area contributed by atoms with Gasteiger partial charge in [-0.3, -0.25) is 14.5 Å². The molecule has 5 atom stereocenters. The summed E-state index contributed by atoms with van der Waals surface area (Å²) in [5.74, 6) is -0.904. The third-order valence-electron chi connectivity index (χ3n) is 7.42. The van der Waals surface area contributed by atoms with E-state index in [0.717, 1.165) is 11.3 Å². The lowest BCUT2D eigenvalue weighted by atomic mass is 9.88. The number of amides is 1. The molecule has 1 saturated heterocycles. The van der Waals surface area contributed by atoms with E-state index in [9.17, 15) is 19.1 Å². The van der Waals surface area contributed by atoms with Crippen LogP contribution in [-0.4, -0.2) is 40.2 Å². The van der Waals surface area contributed by atoms with Crippen molar-refractivity contribution in [1.82, 2.24) is 14.8 Å². The third kappa shape index (κ3) is 3.65. The smallest absolute Gasteiger partial charge is 0.258 e. The van der Waals surface area contributed by atoms with Crippen LogP contribution in [0.4, 0.5) is 4.39 Å². The molecule has 3 aromatic rings. The van der Waals surface area contributed by atoms with Crippen LogP contribution in [0.2, 0.25) is 0 Å². The maximum absolute atomic E-state index is 13.7. The van der Waals surface area contributed by atoms with Gasteiger partial charge >= 0.3 is 0 Å². The van der Waals surface area contributed by atoms with Gasteiger partial charge in [-0.2, -0.15) is 0 Å². The molecule has 0 spiro atoms. The van der Waals surface area contributed by atoms with Crippen molar-refractivity contribution in [3.63, 3.8) is 0 Å². The number of aliphatic hydroxyl groups excluding tert-OH is 1. The van der Waals surface area contributed by atoms with Crippen LogP contribution in [0.5, 0.6) is 0 Å². The number of nitrogens with one attached hydrogen (secondary N) is 1. The lowest BCUT2D eigenvalue weighted by molar-refractivity contribution is -0.127. The maximum atomic E-state index is 13.7. The van der Waals surface area contributed by atoms with Crippen molar-refractivity contribution in [2.75, 3.05) is 13.7 Å². The van der Waals surface area contributed by atoms with E-state index in [-0.39, 0.29) is 42.0 Å². The minimum Gasteiger partial charge on any atom is -0.396 e. The second kappa shape index (κ2) is 8.81. The summed E-state index contributed by atoms with van der Waals surface area (Å²) in [4.78, 5) is 28.6. The van der Waals surface area contributed by atoms with Crippen LogP contribution < -0.4 is 10.9 Å². The molecular formula is C27H28FN3O3. The first kappa shape index (κ1) is 22.5. The van der Waals surface area contributed by atoms with Gasteiger partial charge in [0.1, 0.15) is 5.82 Å². The Hall–Kier alpha value is -3.29. The summed E-state index contributed by atoms with van der Waals surface area (Å²) in [5.41, 5.74) is 2.64. The average Bonchev–Trinajstić information content (AvgIpc) is 3.35. The number of aliphatic hydroxyl groups is 1. The van der Waals surface area contributed by atoms with Gasteiger partial charge in [0.05, 0.1) is 18.1 Å². The van der Waals surface area contributed by atoms with Crippen LogP contribution in [0.1, 0.15) is 30.3 Å². The van der Waals surface area contributed by atoms with Crippen molar-refractivity contribution in [1.29, 1.82) is 0 Å². The average molecular weight is 462 g/mol. The summed E-state index contributed by atoms with van der Waals surface area (Å²) in [6.07, 6.45) is 0. The summed E-state index contributed by atoms with van der Waals surface area (Å²) >= 11 is 0. The molecule has 176 valence electrons. The fourth-order valence-electron chi connectivity index (χ4n) is 5.77. The fourth-order valence-corrected chi connectivity index (χ4v) is 5.77. The van der Waals surface area contributed by atoms with Crippen LogP contribution in [0.3, 0.4) is 0 Å².